The Morgan fingerprint density at radius 3 is 2.28 bits per heavy atom. The maximum atomic E-state index is 8.88. The molecule has 1 rings (SSSR count). The van der Waals surface area contributed by atoms with Gasteiger partial charge in [0.05, 0.1) is 25.2 Å². The molecule has 0 saturated heterocycles. The molecule has 0 N–H and O–H groups in total. The smallest absolute Gasteiger partial charge is 0.119 e. The topological polar surface area (TPSA) is 42.2 Å². The van der Waals surface area contributed by atoms with Crippen molar-refractivity contribution in [2.75, 3.05) is 13.7 Å². The fraction of sp³-hybridized carbons (Fsp3) is 0.533. The van der Waals surface area contributed by atoms with Gasteiger partial charge in [0.15, 0.2) is 0 Å². The van der Waals surface area contributed by atoms with E-state index in [9.17, 15) is 0 Å². The third kappa shape index (κ3) is 5.09. The van der Waals surface area contributed by atoms with Crippen LogP contribution < -0.4 is 9.47 Å². The highest BCUT2D eigenvalue weighted by molar-refractivity contribution is 5.31. The van der Waals surface area contributed by atoms with Crippen molar-refractivity contribution in [3.8, 4) is 17.6 Å². The monoisotopic (exact) mass is 247 g/mol. The summed E-state index contributed by atoms with van der Waals surface area (Å²) in [6.07, 6.45) is 2.89. The van der Waals surface area contributed by atoms with Gasteiger partial charge in [-0.05, 0) is 57.4 Å². The van der Waals surface area contributed by atoms with Crippen LogP contribution in [-0.2, 0) is 0 Å². The summed E-state index contributed by atoms with van der Waals surface area (Å²) in [6, 6.07) is 9.88. The van der Waals surface area contributed by atoms with Gasteiger partial charge in [-0.1, -0.05) is 0 Å². The Hall–Kier alpha value is -1.69. The van der Waals surface area contributed by atoms with Crippen LogP contribution in [0.2, 0.25) is 0 Å². The molecular weight excluding hydrogens is 226 g/mol. The molecule has 0 radical (unpaired) electrons. The van der Waals surface area contributed by atoms with Crippen molar-refractivity contribution < 1.29 is 9.47 Å². The van der Waals surface area contributed by atoms with E-state index in [1.807, 2.05) is 38.1 Å². The van der Waals surface area contributed by atoms with E-state index < -0.39 is 0 Å². The van der Waals surface area contributed by atoms with Crippen molar-refractivity contribution in [1.29, 1.82) is 5.26 Å². The zero-order valence-corrected chi connectivity index (χ0v) is 11.4. The highest BCUT2D eigenvalue weighted by atomic mass is 16.5. The van der Waals surface area contributed by atoms with Gasteiger partial charge in [-0.15, -0.1) is 0 Å². The largest absolute Gasteiger partial charge is 0.497 e. The van der Waals surface area contributed by atoms with Gasteiger partial charge in [0, 0.05) is 0 Å². The number of unbranched alkanes of at least 4 members (excludes halogenated alkanes) is 1. The lowest BCUT2D eigenvalue weighted by Crippen LogP contribution is -2.08. The minimum absolute atomic E-state index is 0.222. The summed E-state index contributed by atoms with van der Waals surface area (Å²) < 4.78 is 10.7. The normalized spacial score (nSPS) is 10.8. The van der Waals surface area contributed by atoms with E-state index in [0.717, 1.165) is 30.8 Å². The first-order valence-electron chi connectivity index (χ1n) is 6.25. The van der Waals surface area contributed by atoms with Gasteiger partial charge >= 0.3 is 0 Å². The van der Waals surface area contributed by atoms with E-state index >= 15 is 0 Å². The van der Waals surface area contributed by atoms with Crippen LogP contribution in [0.25, 0.3) is 0 Å². The van der Waals surface area contributed by atoms with Crippen molar-refractivity contribution in [3.05, 3.63) is 24.3 Å². The summed E-state index contributed by atoms with van der Waals surface area (Å²) >= 11 is 0. The standard InChI is InChI=1S/C15H21NO2/c1-15(2,12-16)10-4-5-11-18-14-8-6-13(17-3)7-9-14/h6-9H,4-5,10-11H2,1-3H3. The average Bonchev–Trinajstić information content (AvgIpc) is 2.39. The van der Waals surface area contributed by atoms with Gasteiger partial charge in [-0.2, -0.15) is 5.26 Å². The molecule has 0 atom stereocenters. The number of hydrogen-bond donors (Lipinski definition) is 0. The molecule has 0 bridgehead atoms. The number of nitrogens with zero attached hydrogens (tertiary/aromatic N) is 1. The second kappa shape index (κ2) is 6.90. The molecule has 0 saturated carbocycles. The molecule has 3 nitrogen and oxygen atoms in total. The summed E-state index contributed by atoms with van der Waals surface area (Å²) in [6.45, 7) is 4.63. The van der Waals surface area contributed by atoms with Gasteiger partial charge in [0.1, 0.15) is 11.5 Å². The molecule has 98 valence electrons. The molecule has 0 amide bonds. The molecule has 3 heteroatoms. The summed E-state index contributed by atoms with van der Waals surface area (Å²) in [4.78, 5) is 0. The molecule has 0 aliphatic heterocycles. The van der Waals surface area contributed by atoms with Gasteiger partial charge < -0.3 is 9.47 Å². The minimum atomic E-state index is -0.222. The Labute approximate surface area is 109 Å². The SMILES string of the molecule is COc1ccc(OCCCCC(C)(C)C#N)cc1. The molecule has 1 aromatic carbocycles. The van der Waals surface area contributed by atoms with Gasteiger partial charge in [0.25, 0.3) is 0 Å². The molecule has 18 heavy (non-hydrogen) atoms. The molecule has 0 aliphatic carbocycles. The van der Waals surface area contributed by atoms with E-state index in [1.54, 1.807) is 7.11 Å². The van der Waals surface area contributed by atoms with Crippen LogP contribution in [0.15, 0.2) is 24.3 Å². The lowest BCUT2D eigenvalue weighted by atomic mass is 9.89. The second-order valence-electron chi connectivity index (χ2n) is 4.98. The molecule has 0 spiro atoms. The van der Waals surface area contributed by atoms with Crippen LogP contribution in [0.1, 0.15) is 33.1 Å². The zero-order chi connectivity index (χ0) is 13.4. The molecule has 0 unspecified atom stereocenters. The summed E-state index contributed by atoms with van der Waals surface area (Å²) in [5.74, 6) is 1.69. The second-order valence-corrected chi connectivity index (χ2v) is 4.98. The Kier molecular flexibility index (Phi) is 5.51. The molecule has 0 aromatic heterocycles. The van der Waals surface area contributed by atoms with Crippen LogP contribution in [0, 0.1) is 16.7 Å². The molecule has 0 aliphatic rings. The Morgan fingerprint density at radius 2 is 1.72 bits per heavy atom. The quantitative estimate of drug-likeness (QED) is 0.688. The number of rotatable bonds is 7. The molecule has 1 aromatic rings. The predicted molar refractivity (Wildman–Crippen MR) is 71.7 cm³/mol. The van der Waals surface area contributed by atoms with Crippen molar-refractivity contribution in [1.82, 2.24) is 0 Å². The Morgan fingerprint density at radius 1 is 1.11 bits per heavy atom. The summed E-state index contributed by atoms with van der Waals surface area (Å²) in [5.41, 5.74) is -0.222. The van der Waals surface area contributed by atoms with E-state index in [-0.39, 0.29) is 5.41 Å². The number of ether oxygens (including phenoxy) is 2. The number of nitriles is 1. The average molecular weight is 247 g/mol. The van der Waals surface area contributed by atoms with Gasteiger partial charge in [0.2, 0.25) is 0 Å². The van der Waals surface area contributed by atoms with Gasteiger partial charge in [-0.25, -0.2) is 0 Å². The van der Waals surface area contributed by atoms with Crippen LogP contribution in [0.3, 0.4) is 0 Å². The van der Waals surface area contributed by atoms with E-state index in [2.05, 4.69) is 6.07 Å². The minimum Gasteiger partial charge on any atom is -0.497 e. The maximum absolute atomic E-state index is 8.88. The highest BCUT2D eigenvalue weighted by Crippen LogP contribution is 2.22. The van der Waals surface area contributed by atoms with Crippen LogP contribution in [-0.4, -0.2) is 13.7 Å². The Bertz CT molecular complexity index is 390. The van der Waals surface area contributed by atoms with Crippen LogP contribution >= 0.6 is 0 Å². The number of benzene rings is 1. The molecule has 0 heterocycles. The third-order valence-electron chi connectivity index (χ3n) is 2.83. The fourth-order valence-corrected chi connectivity index (χ4v) is 1.59. The predicted octanol–water partition coefficient (Wildman–Crippen LogP) is 3.79. The number of hydrogen-bond acceptors (Lipinski definition) is 3. The van der Waals surface area contributed by atoms with E-state index in [1.165, 1.54) is 0 Å². The van der Waals surface area contributed by atoms with Crippen LogP contribution in [0.5, 0.6) is 11.5 Å². The van der Waals surface area contributed by atoms with Crippen molar-refractivity contribution >= 4 is 0 Å². The third-order valence-corrected chi connectivity index (χ3v) is 2.83. The highest BCUT2D eigenvalue weighted by Gasteiger charge is 2.15. The summed E-state index contributed by atoms with van der Waals surface area (Å²) in [7, 11) is 1.65. The fourth-order valence-electron chi connectivity index (χ4n) is 1.59. The zero-order valence-electron chi connectivity index (χ0n) is 11.4. The van der Waals surface area contributed by atoms with E-state index in [0.29, 0.717) is 6.61 Å². The lowest BCUT2D eigenvalue weighted by molar-refractivity contribution is 0.294. The van der Waals surface area contributed by atoms with Crippen molar-refractivity contribution in [2.45, 2.75) is 33.1 Å². The van der Waals surface area contributed by atoms with Crippen molar-refractivity contribution in [3.63, 3.8) is 0 Å². The first-order valence-corrected chi connectivity index (χ1v) is 6.25. The van der Waals surface area contributed by atoms with Gasteiger partial charge in [-0.3, -0.25) is 0 Å². The molecule has 0 fully saturated rings. The van der Waals surface area contributed by atoms with E-state index in [4.69, 9.17) is 14.7 Å². The summed E-state index contributed by atoms with van der Waals surface area (Å²) in [5, 5.41) is 8.88. The first kappa shape index (κ1) is 14.4. The van der Waals surface area contributed by atoms with Crippen LogP contribution in [0.4, 0.5) is 0 Å². The van der Waals surface area contributed by atoms with Crippen molar-refractivity contribution in [2.24, 2.45) is 5.41 Å². The molecular formula is C15H21NO2. The number of methoxy groups -OCH3 is 1. The lowest BCUT2D eigenvalue weighted by Gasteiger charge is -2.14. The maximum Gasteiger partial charge on any atom is 0.119 e. The Balaban J connectivity index is 2.20. The first-order chi connectivity index (χ1) is 8.57.